The smallest absolute Gasteiger partial charge is 0.228 e. The second-order valence-corrected chi connectivity index (χ2v) is 6.09. The Morgan fingerprint density at radius 1 is 1.38 bits per heavy atom. The number of aromatic nitrogens is 3. The molecule has 0 aromatic carbocycles. The van der Waals surface area contributed by atoms with Crippen LogP contribution in [0.25, 0.3) is 0 Å². The fraction of sp³-hybridized carbons (Fsp3) is 0.500. The summed E-state index contributed by atoms with van der Waals surface area (Å²) < 4.78 is 7.89. The van der Waals surface area contributed by atoms with Crippen LogP contribution in [0.2, 0.25) is 0 Å². The number of aryl methyl sites for hydroxylation is 1. The van der Waals surface area contributed by atoms with Crippen LogP contribution >= 0.6 is 0 Å². The summed E-state index contributed by atoms with van der Waals surface area (Å²) in [5.74, 6) is 0.817. The van der Waals surface area contributed by atoms with E-state index in [1.807, 2.05) is 36.0 Å². The normalized spacial score (nSPS) is 20.2. The maximum absolute atomic E-state index is 12.9. The maximum atomic E-state index is 12.9. The molecule has 0 saturated carbocycles. The average Bonchev–Trinajstić information content (AvgIpc) is 3.27. The van der Waals surface area contributed by atoms with Gasteiger partial charge in [-0.1, -0.05) is 6.07 Å². The quantitative estimate of drug-likeness (QED) is 0.814. The number of rotatable bonds is 6. The molecule has 1 saturated heterocycles. The van der Waals surface area contributed by atoms with Crippen LogP contribution in [0.15, 0.2) is 36.8 Å². The zero-order chi connectivity index (χ0) is 16.9. The van der Waals surface area contributed by atoms with Gasteiger partial charge in [0.25, 0.3) is 0 Å². The van der Waals surface area contributed by atoms with Crippen molar-refractivity contribution in [3.8, 4) is 0 Å². The molecule has 6 heteroatoms. The number of carbonyl (C=O) groups is 1. The van der Waals surface area contributed by atoms with E-state index in [2.05, 4.69) is 16.9 Å². The standard InChI is InChI=1S/C18H24N4O2/c1-3-22-12-10-20-17(22)16-15(8-13-24-16)18(23)21(2)11-7-14-6-4-5-9-19-14/h4-6,9-10,12,15-16H,3,7-8,11,13H2,1-2H3/t15-,16-/m1/s1. The van der Waals surface area contributed by atoms with Crippen molar-refractivity contribution in [3.63, 3.8) is 0 Å². The third-order valence-electron chi connectivity index (χ3n) is 4.56. The number of ether oxygens (including phenoxy) is 1. The SMILES string of the molecule is CCn1ccnc1[C@@H]1OCC[C@H]1C(=O)N(C)CCc1ccccn1. The van der Waals surface area contributed by atoms with Crippen molar-refractivity contribution in [1.29, 1.82) is 0 Å². The third-order valence-corrected chi connectivity index (χ3v) is 4.56. The highest BCUT2D eigenvalue weighted by Crippen LogP contribution is 2.34. The van der Waals surface area contributed by atoms with Gasteiger partial charge in [0.1, 0.15) is 11.9 Å². The summed E-state index contributed by atoms with van der Waals surface area (Å²) >= 11 is 0. The molecule has 1 aliphatic heterocycles. The van der Waals surface area contributed by atoms with E-state index in [0.717, 1.165) is 30.9 Å². The Hall–Kier alpha value is -2.21. The van der Waals surface area contributed by atoms with Gasteiger partial charge in [-0.15, -0.1) is 0 Å². The number of pyridine rings is 1. The van der Waals surface area contributed by atoms with Gasteiger partial charge in [-0.25, -0.2) is 4.98 Å². The minimum atomic E-state index is -0.246. The molecular weight excluding hydrogens is 304 g/mol. The molecule has 0 radical (unpaired) electrons. The highest BCUT2D eigenvalue weighted by atomic mass is 16.5. The lowest BCUT2D eigenvalue weighted by Gasteiger charge is -2.24. The van der Waals surface area contributed by atoms with Crippen molar-refractivity contribution in [1.82, 2.24) is 19.4 Å². The Morgan fingerprint density at radius 2 is 2.25 bits per heavy atom. The highest BCUT2D eigenvalue weighted by Gasteiger charge is 2.38. The summed E-state index contributed by atoms with van der Waals surface area (Å²) in [6.45, 7) is 4.15. The first-order valence-electron chi connectivity index (χ1n) is 8.48. The molecule has 2 atom stereocenters. The van der Waals surface area contributed by atoms with E-state index < -0.39 is 0 Å². The largest absolute Gasteiger partial charge is 0.369 e. The summed E-state index contributed by atoms with van der Waals surface area (Å²) in [5.41, 5.74) is 0.998. The van der Waals surface area contributed by atoms with Crippen LogP contribution in [0.1, 0.15) is 31.0 Å². The fourth-order valence-corrected chi connectivity index (χ4v) is 3.16. The number of carbonyl (C=O) groups excluding carboxylic acids is 1. The highest BCUT2D eigenvalue weighted by molar-refractivity contribution is 5.79. The Labute approximate surface area is 142 Å². The molecule has 0 spiro atoms. The van der Waals surface area contributed by atoms with Crippen LogP contribution in [0, 0.1) is 5.92 Å². The van der Waals surface area contributed by atoms with Gasteiger partial charge in [0, 0.05) is 57.4 Å². The van der Waals surface area contributed by atoms with Crippen molar-refractivity contribution in [2.45, 2.75) is 32.4 Å². The molecule has 1 aliphatic rings. The molecule has 0 unspecified atom stereocenters. The minimum absolute atomic E-state index is 0.124. The second-order valence-electron chi connectivity index (χ2n) is 6.09. The molecule has 0 bridgehead atoms. The van der Waals surface area contributed by atoms with Crippen molar-refractivity contribution >= 4 is 5.91 Å². The summed E-state index contributed by atoms with van der Waals surface area (Å²) in [4.78, 5) is 23.4. The van der Waals surface area contributed by atoms with E-state index in [9.17, 15) is 4.79 Å². The zero-order valence-electron chi connectivity index (χ0n) is 14.3. The summed E-state index contributed by atoms with van der Waals surface area (Å²) in [6, 6.07) is 5.85. The molecule has 0 aliphatic carbocycles. The Morgan fingerprint density at radius 3 is 3.00 bits per heavy atom. The van der Waals surface area contributed by atoms with Gasteiger partial charge in [0.2, 0.25) is 5.91 Å². The van der Waals surface area contributed by atoms with Crippen molar-refractivity contribution < 1.29 is 9.53 Å². The molecule has 3 heterocycles. The first-order valence-corrected chi connectivity index (χ1v) is 8.48. The number of likely N-dealkylation sites (N-methyl/N-ethyl adjacent to an activating group) is 1. The molecule has 0 N–H and O–H groups in total. The van der Waals surface area contributed by atoms with Crippen LogP contribution in [-0.2, 0) is 22.5 Å². The first-order chi connectivity index (χ1) is 11.7. The molecule has 3 rings (SSSR count). The molecule has 2 aromatic rings. The molecule has 6 nitrogen and oxygen atoms in total. The van der Waals surface area contributed by atoms with Gasteiger partial charge in [0.15, 0.2) is 0 Å². The Kier molecular flexibility index (Phi) is 5.25. The number of imidazole rings is 1. The van der Waals surface area contributed by atoms with Crippen molar-refractivity contribution in [2.75, 3.05) is 20.2 Å². The first kappa shape index (κ1) is 16.6. The van der Waals surface area contributed by atoms with Gasteiger partial charge in [-0.2, -0.15) is 0 Å². The average molecular weight is 328 g/mol. The van der Waals surface area contributed by atoms with E-state index in [-0.39, 0.29) is 17.9 Å². The summed E-state index contributed by atoms with van der Waals surface area (Å²) in [7, 11) is 1.85. The molecular formula is C18H24N4O2. The topological polar surface area (TPSA) is 60.3 Å². The van der Waals surface area contributed by atoms with Gasteiger partial charge in [-0.05, 0) is 25.5 Å². The van der Waals surface area contributed by atoms with E-state index in [4.69, 9.17) is 4.74 Å². The van der Waals surface area contributed by atoms with E-state index in [1.54, 1.807) is 17.3 Å². The van der Waals surface area contributed by atoms with Crippen LogP contribution < -0.4 is 0 Å². The van der Waals surface area contributed by atoms with E-state index in [0.29, 0.717) is 13.2 Å². The fourth-order valence-electron chi connectivity index (χ4n) is 3.16. The molecule has 128 valence electrons. The number of hydrogen-bond acceptors (Lipinski definition) is 4. The zero-order valence-corrected chi connectivity index (χ0v) is 14.3. The Balaban J connectivity index is 1.64. The van der Waals surface area contributed by atoms with E-state index in [1.165, 1.54) is 0 Å². The van der Waals surface area contributed by atoms with Crippen LogP contribution in [0.5, 0.6) is 0 Å². The summed E-state index contributed by atoms with van der Waals surface area (Å²) in [5, 5.41) is 0. The lowest BCUT2D eigenvalue weighted by atomic mass is 9.99. The third kappa shape index (κ3) is 3.48. The second kappa shape index (κ2) is 7.57. The van der Waals surface area contributed by atoms with Gasteiger partial charge >= 0.3 is 0 Å². The van der Waals surface area contributed by atoms with Gasteiger partial charge in [-0.3, -0.25) is 9.78 Å². The Bertz CT molecular complexity index is 671. The molecule has 1 fully saturated rings. The monoisotopic (exact) mass is 328 g/mol. The maximum Gasteiger partial charge on any atom is 0.228 e. The predicted molar refractivity (Wildman–Crippen MR) is 90.3 cm³/mol. The lowest BCUT2D eigenvalue weighted by molar-refractivity contribution is -0.136. The van der Waals surface area contributed by atoms with Crippen molar-refractivity contribution in [3.05, 3.63) is 48.3 Å². The molecule has 24 heavy (non-hydrogen) atoms. The van der Waals surface area contributed by atoms with E-state index >= 15 is 0 Å². The van der Waals surface area contributed by atoms with Crippen molar-refractivity contribution in [2.24, 2.45) is 5.92 Å². The number of amides is 1. The predicted octanol–water partition coefficient (Wildman–Crippen LogP) is 2.08. The van der Waals surface area contributed by atoms with Gasteiger partial charge < -0.3 is 14.2 Å². The lowest BCUT2D eigenvalue weighted by Crippen LogP contribution is -2.36. The van der Waals surface area contributed by atoms with Crippen LogP contribution in [0.3, 0.4) is 0 Å². The van der Waals surface area contributed by atoms with Crippen LogP contribution in [0.4, 0.5) is 0 Å². The molecule has 2 aromatic heterocycles. The molecule has 1 amide bonds. The number of nitrogens with zero attached hydrogens (tertiary/aromatic N) is 4. The van der Waals surface area contributed by atoms with Gasteiger partial charge in [0.05, 0.1) is 5.92 Å². The minimum Gasteiger partial charge on any atom is -0.369 e. The number of hydrogen-bond donors (Lipinski definition) is 0. The van der Waals surface area contributed by atoms with Crippen LogP contribution in [-0.4, -0.2) is 45.5 Å². The summed E-state index contributed by atoms with van der Waals surface area (Å²) in [6.07, 6.45) is 6.74.